The fourth-order valence-corrected chi connectivity index (χ4v) is 4.29. The van der Waals surface area contributed by atoms with Gasteiger partial charge >= 0.3 is 0 Å². The summed E-state index contributed by atoms with van der Waals surface area (Å²) in [4.78, 5) is 4.61. The second-order valence-corrected chi connectivity index (χ2v) is 7.87. The minimum atomic E-state index is -3.68. The van der Waals surface area contributed by atoms with Gasteiger partial charge in [-0.2, -0.15) is 0 Å². The molecule has 1 aromatic carbocycles. The Morgan fingerprint density at radius 3 is 2.76 bits per heavy atom. The summed E-state index contributed by atoms with van der Waals surface area (Å²) in [5.74, 6) is 0.661. The molecule has 1 aliphatic heterocycles. The normalized spacial score (nSPS) is 18.9. The number of hydrogen-bond acceptors (Lipinski definition) is 5. The van der Waals surface area contributed by atoms with Gasteiger partial charge in [0.25, 0.3) is 0 Å². The number of nitrogens with zero attached hydrogens (tertiary/aromatic N) is 1. The Labute approximate surface area is 130 Å². The molecule has 0 saturated carbocycles. The molecule has 1 heterocycles. The molecule has 21 heavy (non-hydrogen) atoms. The van der Waals surface area contributed by atoms with Crippen LogP contribution >= 0.6 is 11.8 Å². The molecule has 0 amide bonds. The lowest BCUT2D eigenvalue weighted by Gasteiger charge is -2.18. The smallest absolute Gasteiger partial charge is 0.238 e. The number of benzene rings is 1. The summed E-state index contributed by atoms with van der Waals surface area (Å²) in [5, 5.41) is 9.67. The second-order valence-electron chi connectivity index (χ2n) is 5.08. The van der Waals surface area contributed by atoms with Gasteiger partial charge in [-0.25, -0.2) is 13.6 Å². The molecule has 5 nitrogen and oxygen atoms in total. The Kier molecular flexibility index (Phi) is 5.29. The Morgan fingerprint density at radius 1 is 1.43 bits per heavy atom. The molecule has 0 aliphatic carbocycles. The number of primary sulfonamides is 1. The SMILES string of the molecule is CCC(CC)C1CN=C(Nc2cccc(S(N)(=O)=O)c2)S1. The van der Waals surface area contributed by atoms with Crippen molar-refractivity contribution in [3.63, 3.8) is 0 Å². The van der Waals surface area contributed by atoms with Crippen LogP contribution in [0.5, 0.6) is 0 Å². The van der Waals surface area contributed by atoms with E-state index in [1.54, 1.807) is 17.8 Å². The van der Waals surface area contributed by atoms with E-state index in [-0.39, 0.29) is 4.90 Å². The third-order valence-electron chi connectivity index (χ3n) is 3.67. The van der Waals surface area contributed by atoms with Crippen LogP contribution in [0, 0.1) is 5.92 Å². The fraction of sp³-hybridized carbons (Fsp3) is 0.500. The Balaban J connectivity index is 2.04. The molecular weight excluding hydrogens is 306 g/mol. The van der Waals surface area contributed by atoms with Crippen molar-refractivity contribution in [2.75, 3.05) is 11.9 Å². The van der Waals surface area contributed by atoms with Gasteiger partial charge in [0.2, 0.25) is 10.0 Å². The predicted octanol–water partition coefficient (Wildman–Crippen LogP) is 2.65. The van der Waals surface area contributed by atoms with Crippen LogP contribution < -0.4 is 10.5 Å². The van der Waals surface area contributed by atoms with Crippen molar-refractivity contribution in [2.45, 2.75) is 36.8 Å². The van der Waals surface area contributed by atoms with Gasteiger partial charge in [0.05, 0.1) is 11.4 Å². The van der Waals surface area contributed by atoms with E-state index in [9.17, 15) is 8.42 Å². The highest BCUT2D eigenvalue weighted by Gasteiger charge is 2.26. The van der Waals surface area contributed by atoms with Gasteiger partial charge < -0.3 is 5.32 Å². The first kappa shape index (κ1) is 16.3. The van der Waals surface area contributed by atoms with Crippen molar-refractivity contribution in [2.24, 2.45) is 16.0 Å². The third kappa shape index (κ3) is 4.21. The summed E-state index contributed by atoms with van der Waals surface area (Å²) in [7, 11) is -3.68. The van der Waals surface area contributed by atoms with Crippen LogP contribution in [0.2, 0.25) is 0 Å². The summed E-state index contributed by atoms with van der Waals surface area (Å²) >= 11 is 1.73. The lowest BCUT2D eigenvalue weighted by atomic mass is 9.99. The van der Waals surface area contributed by atoms with Crippen LogP contribution in [0.15, 0.2) is 34.2 Å². The molecule has 7 heteroatoms. The van der Waals surface area contributed by atoms with Gasteiger partial charge in [-0.1, -0.05) is 44.5 Å². The number of sulfonamides is 1. The van der Waals surface area contributed by atoms with Crippen LogP contribution in [0.25, 0.3) is 0 Å². The highest BCUT2D eigenvalue weighted by Crippen LogP contribution is 2.31. The number of thioether (sulfide) groups is 1. The van der Waals surface area contributed by atoms with Gasteiger partial charge in [-0.05, 0) is 24.1 Å². The highest BCUT2D eigenvalue weighted by atomic mass is 32.2. The summed E-state index contributed by atoms with van der Waals surface area (Å²) in [6.45, 7) is 5.22. The molecule has 0 radical (unpaired) electrons. The van der Waals surface area contributed by atoms with E-state index in [1.807, 2.05) is 6.07 Å². The van der Waals surface area contributed by atoms with Crippen molar-refractivity contribution in [1.29, 1.82) is 0 Å². The molecule has 0 saturated heterocycles. The first-order chi connectivity index (χ1) is 9.94. The van der Waals surface area contributed by atoms with Crippen LogP contribution in [0.3, 0.4) is 0 Å². The second kappa shape index (κ2) is 6.81. The van der Waals surface area contributed by atoms with E-state index in [0.29, 0.717) is 16.9 Å². The lowest BCUT2D eigenvalue weighted by molar-refractivity contribution is 0.479. The summed E-state index contributed by atoms with van der Waals surface area (Å²) < 4.78 is 22.7. The molecule has 0 spiro atoms. The maximum Gasteiger partial charge on any atom is 0.238 e. The molecule has 116 valence electrons. The number of nitrogens with two attached hydrogens (primary N) is 1. The number of anilines is 1. The average Bonchev–Trinajstić information content (AvgIpc) is 2.88. The fourth-order valence-electron chi connectivity index (χ4n) is 2.39. The number of hydrogen-bond donors (Lipinski definition) is 2. The lowest BCUT2D eigenvalue weighted by Crippen LogP contribution is -2.17. The van der Waals surface area contributed by atoms with Gasteiger partial charge in [0.15, 0.2) is 5.17 Å². The molecule has 3 N–H and O–H groups in total. The van der Waals surface area contributed by atoms with Crippen molar-refractivity contribution >= 4 is 32.6 Å². The van der Waals surface area contributed by atoms with Crippen molar-refractivity contribution < 1.29 is 8.42 Å². The molecule has 0 fully saturated rings. The summed E-state index contributed by atoms with van der Waals surface area (Å²) in [6.07, 6.45) is 2.30. The van der Waals surface area contributed by atoms with E-state index in [4.69, 9.17) is 5.14 Å². The summed E-state index contributed by atoms with van der Waals surface area (Å²) in [6, 6.07) is 6.49. The first-order valence-corrected chi connectivity index (χ1v) is 9.47. The molecular formula is C14H21N3O2S2. The van der Waals surface area contributed by atoms with E-state index < -0.39 is 10.0 Å². The Morgan fingerprint density at radius 2 is 2.14 bits per heavy atom. The molecule has 1 atom stereocenters. The van der Waals surface area contributed by atoms with E-state index in [0.717, 1.165) is 24.6 Å². The Bertz CT molecular complexity index is 625. The van der Waals surface area contributed by atoms with Gasteiger partial charge in [-0.15, -0.1) is 0 Å². The largest absolute Gasteiger partial charge is 0.335 e. The van der Waals surface area contributed by atoms with Crippen LogP contribution in [-0.4, -0.2) is 25.4 Å². The topological polar surface area (TPSA) is 84.5 Å². The number of aliphatic imine (C=N–C) groups is 1. The first-order valence-electron chi connectivity index (χ1n) is 7.05. The van der Waals surface area contributed by atoms with E-state index in [2.05, 4.69) is 24.2 Å². The van der Waals surface area contributed by atoms with E-state index in [1.165, 1.54) is 12.1 Å². The van der Waals surface area contributed by atoms with Crippen LogP contribution in [0.4, 0.5) is 5.69 Å². The van der Waals surface area contributed by atoms with Gasteiger partial charge in [-0.3, -0.25) is 4.99 Å². The minimum Gasteiger partial charge on any atom is -0.335 e. The van der Waals surface area contributed by atoms with E-state index >= 15 is 0 Å². The molecule has 1 unspecified atom stereocenters. The molecule has 0 aromatic heterocycles. The average molecular weight is 327 g/mol. The summed E-state index contributed by atoms with van der Waals surface area (Å²) in [5.41, 5.74) is 0.693. The zero-order valence-electron chi connectivity index (χ0n) is 12.2. The molecule has 1 aromatic rings. The standard InChI is InChI=1S/C14H21N3O2S2/c1-3-10(4-2)13-9-16-14(20-13)17-11-6-5-7-12(8-11)21(15,18)19/h5-8,10,13H,3-4,9H2,1-2H3,(H,16,17)(H2,15,18,19). The van der Waals surface area contributed by atoms with Crippen molar-refractivity contribution in [3.8, 4) is 0 Å². The van der Waals surface area contributed by atoms with Gasteiger partial charge in [0, 0.05) is 10.9 Å². The molecule has 1 aliphatic rings. The maximum absolute atomic E-state index is 11.4. The number of rotatable bonds is 5. The maximum atomic E-state index is 11.4. The van der Waals surface area contributed by atoms with Crippen LogP contribution in [0.1, 0.15) is 26.7 Å². The quantitative estimate of drug-likeness (QED) is 0.870. The zero-order chi connectivity index (χ0) is 15.5. The molecule has 2 rings (SSSR count). The number of nitrogens with one attached hydrogen (secondary N) is 1. The van der Waals surface area contributed by atoms with Crippen molar-refractivity contribution in [3.05, 3.63) is 24.3 Å². The minimum absolute atomic E-state index is 0.104. The van der Waals surface area contributed by atoms with Crippen LogP contribution in [-0.2, 0) is 10.0 Å². The third-order valence-corrected chi connectivity index (χ3v) is 5.87. The van der Waals surface area contributed by atoms with Crippen molar-refractivity contribution in [1.82, 2.24) is 0 Å². The molecule has 0 bridgehead atoms. The Hall–Kier alpha value is -1.05. The van der Waals surface area contributed by atoms with Gasteiger partial charge in [0.1, 0.15) is 0 Å². The highest BCUT2D eigenvalue weighted by molar-refractivity contribution is 8.15. The predicted molar refractivity (Wildman–Crippen MR) is 89.2 cm³/mol. The monoisotopic (exact) mass is 327 g/mol. The zero-order valence-corrected chi connectivity index (χ0v) is 13.9. The number of amidine groups is 1.